The molecule has 0 saturated heterocycles. The standard InChI is InChI=1S/C20H21NO2S2/c1-12-3-8-15-16-11-24-19(10-18(16)25-17(15)9-12)20(22)21-13-4-6-14(23-2)7-5-13/h4-7,10,12H,3,8-9,11H2,1-2H3,(H,21,22)/t12-/m0/s1. The molecule has 0 fully saturated rings. The van der Waals surface area contributed by atoms with Crippen LogP contribution in [0.4, 0.5) is 5.69 Å². The van der Waals surface area contributed by atoms with Gasteiger partial charge in [0.25, 0.3) is 5.91 Å². The van der Waals surface area contributed by atoms with E-state index in [1.807, 2.05) is 35.6 Å². The summed E-state index contributed by atoms with van der Waals surface area (Å²) in [6, 6.07) is 7.43. The van der Waals surface area contributed by atoms with E-state index in [1.165, 1.54) is 34.6 Å². The Hall–Kier alpha value is -1.72. The van der Waals surface area contributed by atoms with Crippen LogP contribution in [0.5, 0.6) is 5.75 Å². The molecule has 1 aromatic carbocycles. The molecule has 4 rings (SSSR count). The Bertz CT molecular complexity index is 836. The number of methoxy groups -OCH3 is 1. The Morgan fingerprint density at radius 1 is 1.24 bits per heavy atom. The van der Waals surface area contributed by atoms with Gasteiger partial charge in [0.05, 0.1) is 12.0 Å². The minimum absolute atomic E-state index is 0.0273. The maximum Gasteiger partial charge on any atom is 0.262 e. The molecule has 2 aliphatic rings. The van der Waals surface area contributed by atoms with Crippen molar-refractivity contribution in [1.29, 1.82) is 0 Å². The summed E-state index contributed by atoms with van der Waals surface area (Å²) in [6.45, 7) is 2.33. The van der Waals surface area contributed by atoms with Crippen molar-refractivity contribution in [2.24, 2.45) is 5.92 Å². The molecule has 130 valence electrons. The van der Waals surface area contributed by atoms with Crippen molar-refractivity contribution in [3.63, 3.8) is 0 Å². The largest absolute Gasteiger partial charge is 0.497 e. The number of rotatable bonds is 3. The van der Waals surface area contributed by atoms with Gasteiger partial charge in [-0.15, -0.1) is 23.1 Å². The highest BCUT2D eigenvalue weighted by Crippen LogP contribution is 2.43. The Balaban J connectivity index is 1.53. The molecule has 1 aromatic heterocycles. The van der Waals surface area contributed by atoms with Crippen LogP contribution in [0.25, 0.3) is 6.08 Å². The Morgan fingerprint density at radius 2 is 2.04 bits per heavy atom. The molecule has 3 nitrogen and oxygen atoms in total. The predicted octanol–water partition coefficient (Wildman–Crippen LogP) is 5.11. The van der Waals surface area contributed by atoms with E-state index in [1.54, 1.807) is 24.4 Å². The van der Waals surface area contributed by atoms with Crippen LogP contribution < -0.4 is 10.1 Å². The monoisotopic (exact) mass is 371 g/mol. The average Bonchev–Trinajstić information content (AvgIpc) is 2.98. The first-order valence-corrected chi connectivity index (χ1v) is 10.4. The van der Waals surface area contributed by atoms with Gasteiger partial charge in [0.1, 0.15) is 5.75 Å². The number of anilines is 1. The molecule has 0 bridgehead atoms. The topological polar surface area (TPSA) is 38.3 Å². The van der Waals surface area contributed by atoms with E-state index >= 15 is 0 Å². The Kier molecular flexibility index (Phi) is 4.61. The van der Waals surface area contributed by atoms with E-state index in [4.69, 9.17) is 4.74 Å². The average molecular weight is 372 g/mol. The highest BCUT2D eigenvalue weighted by molar-refractivity contribution is 8.03. The van der Waals surface area contributed by atoms with Crippen molar-refractivity contribution >= 4 is 40.8 Å². The number of hydrogen-bond donors (Lipinski definition) is 1. The lowest BCUT2D eigenvalue weighted by atomic mass is 9.88. The summed E-state index contributed by atoms with van der Waals surface area (Å²) in [7, 11) is 1.63. The van der Waals surface area contributed by atoms with Crippen LogP contribution in [0, 0.1) is 5.92 Å². The van der Waals surface area contributed by atoms with Gasteiger partial charge in [0, 0.05) is 21.2 Å². The molecule has 0 spiro atoms. The number of hydrogen-bond acceptors (Lipinski definition) is 4. The normalized spacial score (nSPS) is 18.8. The van der Waals surface area contributed by atoms with E-state index in [9.17, 15) is 4.79 Å². The van der Waals surface area contributed by atoms with Gasteiger partial charge < -0.3 is 10.1 Å². The van der Waals surface area contributed by atoms with Crippen molar-refractivity contribution in [1.82, 2.24) is 0 Å². The third-order valence-electron chi connectivity index (χ3n) is 4.86. The SMILES string of the molecule is COc1ccc(NC(=O)C2=Cc3sc4c(c3CS2)CC[C@H](C)C4)cc1. The van der Waals surface area contributed by atoms with Crippen molar-refractivity contribution in [2.75, 3.05) is 12.4 Å². The fourth-order valence-corrected chi connectivity index (χ4v) is 6.08. The number of carbonyl (C=O) groups is 1. The second-order valence-corrected chi connectivity index (χ2v) is 8.83. The Labute approximate surface area is 156 Å². The van der Waals surface area contributed by atoms with Gasteiger partial charge in [-0.3, -0.25) is 4.79 Å². The lowest BCUT2D eigenvalue weighted by molar-refractivity contribution is -0.112. The summed E-state index contributed by atoms with van der Waals surface area (Å²) < 4.78 is 5.15. The molecule has 5 heteroatoms. The lowest BCUT2D eigenvalue weighted by Crippen LogP contribution is -2.14. The number of benzene rings is 1. The molecule has 2 heterocycles. The highest BCUT2D eigenvalue weighted by Gasteiger charge is 2.26. The number of amides is 1. The van der Waals surface area contributed by atoms with E-state index in [0.29, 0.717) is 0 Å². The number of thioether (sulfide) groups is 1. The predicted molar refractivity (Wildman–Crippen MR) is 106 cm³/mol. The number of carbonyl (C=O) groups excluding carboxylic acids is 1. The van der Waals surface area contributed by atoms with Gasteiger partial charge in [-0.1, -0.05) is 6.92 Å². The van der Waals surface area contributed by atoms with Crippen LogP contribution in [0.15, 0.2) is 29.2 Å². The molecule has 1 aliphatic carbocycles. The first kappa shape index (κ1) is 16.7. The summed E-state index contributed by atoms with van der Waals surface area (Å²) in [5.74, 6) is 2.45. The van der Waals surface area contributed by atoms with Gasteiger partial charge in [0.2, 0.25) is 0 Å². The second-order valence-electron chi connectivity index (χ2n) is 6.67. The minimum Gasteiger partial charge on any atom is -0.497 e. The zero-order valence-corrected chi connectivity index (χ0v) is 16.1. The maximum atomic E-state index is 12.6. The first-order valence-electron chi connectivity index (χ1n) is 8.57. The second kappa shape index (κ2) is 6.89. The maximum absolute atomic E-state index is 12.6. The van der Waals surface area contributed by atoms with Gasteiger partial charge >= 0.3 is 0 Å². The number of fused-ring (bicyclic) bond motifs is 3. The van der Waals surface area contributed by atoms with Crippen LogP contribution in [0.1, 0.15) is 34.2 Å². The molecule has 0 saturated carbocycles. The fraction of sp³-hybridized carbons (Fsp3) is 0.350. The molecule has 0 unspecified atom stereocenters. The lowest BCUT2D eigenvalue weighted by Gasteiger charge is -2.20. The molecule has 1 atom stereocenters. The van der Waals surface area contributed by atoms with Gasteiger partial charge in [-0.2, -0.15) is 0 Å². The molecular weight excluding hydrogens is 350 g/mol. The van der Waals surface area contributed by atoms with Crippen molar-refractivity contribution in [2.45, 2.75) is 31.9 Å². The van der Waals surface area contributed by atoms with Crippen LogP contribution in [-0.2, 0) is 23.4 Å². The molecule has 0 radical (unpaired) electrons. The molecule has 25 heavy (non-hydrogen) atoms. The summed E-state index contributed by atoms with van der Waals surface area (Å²) in [5, 5.41) is 2.98. The molecule has 2 aromatic rings. The van der Waals surface area contributed by atoms with Gasteiger partial charge in [-0.05, 0) is 66.6 Å². The third-order valence-corrected chi connectivity index (χ3v) is 7.15. The van der Waals surface area contributed by atoms with Crippen LogP contribution in [0.2, 0.25) is 0 Å². The molecule has 1 amide bonds. The summed E-state index contributed by atoms with van der Waals surface area (Å²) in [4.78, 5) is 16.2. The summed E-state index contributed by atoms with van der Waals surface area (Å²) >= 11 is 3.54. The quantitative estimate of drug-likeness (QED) is 0.815. The number of thiophene rings is 1. The van der Waals surface area contributed by atoms with Crippen LogP contribution >= 0.6 is 23.1 Å². The zero-order valence-electron chi connectivity index (χ0n) is 14.4. The fourth-order valence-electron chi connectivity index (χ4n) is 3.42. The minimum atomic E-state index is -0.0273. The highest BCUT2D eigenvalue weighted by atomic mass is 32.2. The van der Waals surface area contributed by atoms with Crippen LogP contribution in [-0.4, -0.2) is 13.0 Å². The molecule has 1 N–H and O–H groups in total. The number of ether oxygens (including phenoxy) is 1. The van der Waals surface area contributed by atoms with Crippen LogP contribution in [0.3, 0.4) is 0 Å². The zero-order chi connectivity index (χ0) is 17.4. The third kappa shape index (κ3) is 3.35. The number of nitrogens with one attached hydrogen (secondary N) is 1. The molecular formula is C20H21NO2S2. The molecule has 1 aliphatic heterocycles. The smallest absolute Gasteiger partial charge is 0.262 e. The van der Waals surface area contributed by atoms with Crippen molar-refractivity contribution < 1.29 is 9.53 Å². The summed E-state index contributed by atoms with van der Waals surface area (Å²) in [6.07, 6.45) is 5.76. The van der Waals surface area contributed by atoms with Crippen molar-refractivity contribution in [3.05, 3.63) is 50.1 Å². The van der Waals surface area contributed by atoms with Gasteiger partial charge in [-0.25, -0.2) is 0 Å². The van der Waals surface area contributed by atoms with E-state index in [-0.39, 0.29) is 5.91 Å². The van der Waals surface area contributed by atoms with E-state index in [2.05, 4.69) is 18.3 Å². The Morgan fingerprint density at radius 3 is 2.80 bits per heavy atom. The van der Waals surface area contributed by atoms with Crippen molar-refractivity contribution in [3.8, 4) is 5.75 Å². The van der Waals surface area contributed by atoms with E-state index < -0.39 is 0 Å². The summed E-state index contributed by atoms with van der Waals surface area (Å²) in [5.41, 5.74) is 3.83. The first-order chi connectivity index (χ1) is 12.1. The van der Waals surface area contributed by atoms with E-state index in [0.717, 1.165) is 28.0 Å². The van der Waals surface area contributed by atoms with Gasteiger partial charge in [0.15, 0.2) is 0 Å².